The predicted octanol–water partition coefficient (Wildman–Crippen LogP) is 2.35. The van der Waals surface area contributed by atoms with Gasteiger partial charge in [0.1, 0.15) is 0 Å². The fourth-order valence-corrected chi connectivity index (χ4v) is 2.83. The first-order valence-electron chi connectivity index (χ1n) is 6.92. The topological polar surface area (TPSA) is 15.3 Å². The highest BCUT2D eigenvalue weighted by atomic mass is 15.2. The lowest BCUT2D eigenvalue weighted by Gasteiger charge is -2.45. The van der Waals surface area contributed by atoms with Crippen LogP contribution in [0.4, 0.5) is 0 Å². The van der Waals surface area contributed by atoms with Crippen LogP contribution in [0.1, 0.15) is 40.5 Å². The summed E-state index contributed by atoms with van der Waals surface area (Å²) in [4.78, 5) is 2.62. The largest absolute Gasteiger partial charge is 0.312 e. The van der Waals surface area contributed by atoms with Gasteiger partial charge in [-0.25, -0.2) is 0 Å². The van der Waals surface area contributed by atoms with Crippen molar-refractivity contribution >= 4 is 0 Å². The zero-order valence-corrected chi connectivity index (χ0v) is 11.4. The molecule has 2 unspecified atom stereocenters. The summed E-state index contributed by atoms with van der Waals surface area (Å²) in [7, 11) is 0. The lowest BCUT2D eigenvalue weighted by molar-refractivity contribution is 0.0678. The van der Waals surface area contributed by atoms with Crippen LogP contribution in [0.2, 0.25) is 0 Å². The van der Waals surface area contributed by atoms with Gasteiger partial charge in [-0.05, 0) is 49.7 Å². The molecule has 2 nitrogen and oxygen atoms in total. The molecule has 0 saturated carbocycles. The van der Waals surface area contributed by atoms with Crippen LogP contribution in [-0.2, 0) is 0 Å². The van der Waals surface area contributed by atoms with E-state index in [0.29, 0.717) is 5.41 Å². The summed E-state index contributed by atoms with van der Waals surface area (Å²) in [6.45, 7) is 14.6. The first kappa shape index (κ1) is 12.4. The third-order valence-corrected chi connectivity index (χ3v) is 4.82. The summed E-state index contributed by atoms with van der Waals surface area (Å²) in [5.41, 5.74) is 0.432. The Hall–Kier alpha value is -0.0800. The normalized spacial score (nSPS) is 36.4. The van der Waals surface area contributed by atoms with Gasteiger partial charge in [0.2, 0.25) is 0 Å². The molecule has 2 bridgehead atoms. The Bertz CT molecular complexity index is 223. The number of hydrogen-bond acceptors (Lipinski definition) is 2. The van der Waals surface area contributed by atoms with Crippen LogP contribution < -0.4 is 5.32 Å². The molecule has 3 saturated heterocycles. The predicted molar refractivity (Wildman–Crippen MR) is 69.6 cm³/mol. The molecule has 2 heteroatoms. The molecule has 3 heterocycles. The van der Waals surface area contributed by atoms with Gasteiger partial charge < -0.3 is 10.2 Å². The van der Waals surface area contributed by atoms with Crippen molar-refractivity contribution in [2.45, 2.75) is 46.6 Å². The maximum Gasteiger partial charge on any atom is 0.0224 e. The van der Waals surface area contributed by atoms with Gasteiger partial charge in [0.15, 0.2) is 0 Å². The average Bonchev–Trinajstić information content (AvgIpc) is 2.26. The van der Waals surface area contributed by atoms with Crippen molar-refractivity contribution in [2.75, 3.05) is 26.2 Å². The molecule has 0 aliphatic carbocycles. The summed E-state index contributed by atoms with van der Waals surface area (Å²) in [5.74, 6) is 1.71. The minimum atomic E-state index is 0.432. The van der Waals surface area contributed by atoms with Gasteiger partial charge in [-0.1, -0.05) is 27.7 Å². The van der Waals surface area contributed by atoms with Crippen molar-refractivity contribution in [3.05, 3.63) is 0 Å². The highest BCUT2D eigenvalue weighted by Crippen LogP contribution is 2.29. The van der Waals surface area contributed by atoms with Crippen LogP contribution in [-0.4, -0.2) is 37.1 Å². The zero-order valence-electron chi connectivity index (χ0n) is 11.4. The first-order chi connectivity index (χ1) is 7.47. The Balaban J connectivity index is 1.78. The number of hydrogen-bond donors (Lipinski definition) is 1. The Kier molecular flexibility index (Phi) is 3.60. The Morgan fingerprint density at radius 1 is 1.25 bits per heavy atom. The van der Waals surface area contributed by atoms with Crippen molar-refractivity contribution in [1.82, 2.24) is 10.2 Å². The van der Waals surface area contributed by atoms with E-state index < -0.39 is 0 Å². The monoisotopic (exact) mass is 224 g/mol. The summed E-state index contributed by atoms with van der Waals surface area (Å²) in [6.07, 6.45) is 2.84. The van der Waals surface area contributed by atoms with Gasteiger partial charge in [0, 0.05) is 12.6 Å². The van der Waals surface area contributed by atoms with Crippen LogP contribution in [0.25, 0.3) is 0 Å². The summed E-state index contributed by atoms with van der Waals surface area (Å²) in [6, 6.07) is 0.771. The zero-order chi connectivity index (χ0) is 11.8. The van der Waals surface area contributed by atoms with Crippen molar-refractivity contribution < 1.29 is 0 Å². The van der Waals surface area contributed by atoms with Gasteiger partial charge in [0.05, 0.1) is 0 Å². The van der Waals surface area contributed by atoms with Gasteiger partial charge >= 0.3 is 0 Å². The maximum absolute atomic E-state index is 3.82. The average molecular weight is 224 g/mol. The van der Waals surface area contributed by atoms with E-state index >= 15 is 0 Å². The second-order valence-corrected chi connectivity index (χ2v) is 6.92. The van der Waals surface area contributed by atoms with Crippen molar-refractivity contribution in [3.63, 3.8) is 0 Å². The van der Waals surface area contributed by atoms with E-state index in [4.69, 9.17) is 0 Å². The number of fused-ring (bicyclic) bond motifs is 3. The van der Waals surface area contributed by atoms with Crippen molar-refractivity contribution in [2.24, 2.45) is 17.3 Å². The standard InChI is InChI=1S/C14H28N2/c1-11(14(2,3)4)9-15-13-10-16-7-5-12(13)6-8-16/h11-13,15H,5-10H2,1-4H3. The third kappa shape index (κ3) is 2.78. The van der Waals surface area contributed by atoms with Crippen LogP contribution in [0.3, 0.4) is 0 Å². The second-order valence-electron chi connectivity index (χ2n) is 6.92. The first-order valence-corrected chi connectivity index (χ1v) is 6.92. The van der Waals surface area contributed by atoms with E-state index in [2.05, 4.69) is 37.9 Å². The van der Waals surface area contributed by atoms with E-state index in [-0.39, 0.29) is 0 Å². The molecule has 3 fully saturated rings. The fraction of sp³-hybridized carbons (Fsp3) is 1.00. The minimum Gasteiger partial charge on any atom is -0.312 e. The van der Waals surface area contributed by atoms with Gasteiger partial charge in [-0.3, -0.25) is 0 Å². The highest BCUT2D eigenvalue weighted by molar-refractivity contribution is 4.91. The molecule has 0 spiro atoms. The number of rotatable bonds is 3. The summed E-state index contributed by atoms with van der Waals surface area (Å²) in [5, 5.41) is 3.82. The Morgan fingerprint density at radius 3 is 2.31 bits per heavy atom. The summed E-state index contributed by atoms with van der Waals surface area (Å²) >= 11 is 0. The van der Waals surface area contributed by atoms with Crippen LogP contribution in [0.5, 0.6) is 0 Å². The second kappa shape index (κ2) is 4.66. The van der Waals surface area contributed by atoms with Crippen LogP contribution in [0, 0.1) is 17.3 Å². The molecule has 0 aromatic heterocycles. The Morgan fingerprint density at radius 2 is 1.88 bits per heavy atom. The molecule has 2 atom stereocenters. The molecule has 3 aliphatic rings. The number of nitrogens with zero attached hydrogens (tertiary/aromatic N) is 1. The highest BCUT2D eigenvalue weighted by Gasteiger charge is 2.34. The van der Waals surface area contributed by atoms with E-state index in [1.54, 1.807) is 0 Å². The Labute approximate surface area is 101 Å². The van der Waals surface area contributed by atoms with Crippen molar-refractivity contribution in [1.29, 1.82) is 0 Å². The lowest BCUT2D eigenvalue weighted by atomic mass is 9.80. The molecule has 0 radical (unpaired) electrons. The van der Waals surface area contributed by atoms with Gasteiger partial charge in [0.25, 0.3) is 0 Å². The van der Waals surface area contributed by atoms with Crippen LogP contribution >= 0.6 is 0 Å². The molecule has 3 aliphatic heterocycles. The minimum absolute atomic E-state index is 0.432. The van der Waals surface area contributed by atoms with Gasteiger partial charge in [-0.2, -0.15) is 0 Å². The van der Waals surface area contributed by atoms with Crippen LogP contribution in [0.15, 0.2) is 0 Å². The van der Waals surface area contributed by atoms with E-state index in [9.17, 15) is 0 Å². The SMILES string of the molecule is CC(CNC1CN2CCC1CC2)C(C)(C)C. The molecule has 0 aromatic carbocycles. The third-order valence-electron chi connectivity index (χ3n) is 4.82. The van der Waals surface area contributed by atoms with E-state index in [0.717, 1.165) is 17.9 Å². The maximum atomic E-state index is 3.82. The lowest BCUT2D eigenvalue weighted by Crippen LogP contribution is -2.56. The van der Waals surface area contributed by atoms with Crippen molar-refractivity contribution in [3.8, 4) is 0 Å². The molecule has 16 heavy (non-hydrogen) atoms. The number of piperidine rings is 3. The summed E-state index contributed by atoms with van der Waals surface area (Å²) < 4.78 is 0. The smallest absolute Gasteiger partial charge is 0.0224 e. The molecule has 0 aromatic rings. The fourth-order valence-electron chi connectivity index (χ4n) is 2.83. The number of nitrogens with one attached hydrogen (secondary N) is 1. The molecule has 94 valence electrons. The molecular weight excluding hydrogens is 196 g/mol. The molecule has 3 rings (SSSR count). The molecule has 0 amide bonds. The van der Waals surface area contributed by atoms with E-state index in [1.165, 1.54) is 39.0 Å². The van der Waals surface area contributed by atoms with Gasteiger partial charge in [-0.15, -0.1) is 0 Å². The van der Waals surface area contributed by atoms with E-state index in [1.807, 2.05) is 0 Å². The quantitative estimate of drug-likeness (QED) is 0.791. The molecule has 1 N–H and O–H groups in total. The molecular formula is C14H28N2.